The van der Waals surface area contributed by atoms with E-state index in [1.807, 2.05) is 30.3 Å². The van der Waals surface area contributed by atoms with Crippen LogP contribution in [0.2, 0.25) is 0 Å². The molecule has 0 aromatic heterocycles. The highest BCUT2D eigenvalue weighted by Gasteiger charge is 2.48. The summed E-state index contributed by atoms with van der Waals surface area (Å²) in [6.45, 7) is 0. The lowest BCUT2D eigenvalue weighted by Gasteiger charge is -2.15. The van der Waals surface area contributed by atoms with Crippen molar-refractivity contribution in [3.63, 3.8) is 0 Å². The van der Waals surface area contributed by atoms with Crippen LogP contribution in [0.1, 0.15) is 24.8 Å². The van der Waals surface area contributed by atoms with Gasteiger partial charge in [-0.25, -0.2) is 0 Å². The topological polar surface area (TPSA) is 66.8 Å². The molecule has 5 atom stereocenters. The average Bonchev–Trinajstić information content (AvgIpc) is 3.00. The van der Waals surface area contributed by atoms with Crippen LogP contribution in [-0.4, -0.2) is 34.5 Å². The highest BCUT2D eigenvalue weighted by Crippen LogP contribution is 2.42. The fourth-order valence-corrected chi connectivity index (χ4v) is 3.77. The first kappa shape index (κ1) is 16.7. The first-order valence-corrected chi connectivity index (χ1v) is 8.80. The molecule has 2 N–H and O–H groups in total. The summed E-state index contributed by atoms with van der Waals surface area (Å²) >= 11 is 3.40. The van der Waals surface area contributed by atoms with Crippen LogP contribution in [0.3, 0.4) is 0 Å². The second-order valence-electron chi connectivity index (χ2n) is 6.39. The molecule has 124 valence electrons. The van der Waals surface area contributed by atoms with Crippen LogP contribution < -0.4 is 0 Å². The Morgan fingerprint density at radius 1 is 1.35 bits per heavy atom. The molecule has 1 aromatic carbocycles. The summed E-state index contributed by atoms with van der Waals surface area (Å²) in [6.07, 6.45) is 4.69. The van der Waals surface area contributed by atoms with Gasteiger partial charge >= 0.3 is 5.97 Å². The third kappa shape index (κ3) is 4.03. The molecule has 0 bridgehead atoms. The average molecular weight is 381 g/mol. The van der Waals surface area contributed by atoms with Crippen molar-refractivity contribution in [3.8, 4) is 0 Å². The van der Waals surface area contributed by atoms with Crippen LogP contribution in [-0.2, 0) is 16.0 Å². The van der Waals surface area contributed by atoms with Crippen LogP contribution >= 0.6 is 15.9 Å². The maximum Gasteiger partial charge on any atom is 0.306 e. The second-order valence-corrected chi connectivity index (χ2v) is 7.31. The van der Waals surface area contributed by atoms with Gasteiger partial charge in [0.1, 0.15) is 6.10 Å². The Morgan fingerprint density at radius 3 is 2.83 bits per heavy atom. The van der Waals surface area contributed by atoms with Gasteiger partial charge in [0.25, 0.3) is 0 Å². The van der Waals surface area contributed by atoms with Gasteiger partial charge in [0.15, 0.2) is 0 Å². The number of aliphatic hydroxyl groups is 2. The summed E-state index contributed by atoms with van der Waals surface area (Å²) in [5.41, 5.74) is 1.18. The third-order valence-electron chi connectivity index (χ3n) is 4.77. The molecule has 0 amide bonds. The molecule has 2 aliphatic rings. The summed E-state index contributed by atoms with van der Waals surface area (Å²) in [4.78, 5) is 11.3. The summed E-state index contributed by atoms with van der Waals surface area (Å²) in [5, 5.41) is 20.2. The molecule has 0 radical (unpaired) electrons. The number of halogens is 1. The monoisotopic (exact) mass is 380 g/mol. The summed E-state index contributed by atoms with van der Waals surface area (Å²) < 4.78 is 6.25. The van der Waals surface area contributed by atoms with E-state index in [-0.39, 0.29) is 23.9 Å². The lowest BCUT2D eigenvalue weighted by atomic mass is 9.91. The zero-order chi connectivity index (χ0) is 16.4. The van der Waals surface area contributed by atoms with Gasteiger partial charge in [0.05, 0.1) is 18.6 Å². The van der Waals surface area contributed by atoms with Gasteiger partial charge in [-0.2, -0.15) is 0 Å². The molecule has 1 heterocycles. The second kappa shape index (κ2) is 7.16. The number of rotatable bonds is 5. The lowest BCUT2D eigenvalue weighted by molar-refractivity contribution is -0.141. The fourth-order valence-electron chi connectivity index (χ4n) is 3.50. The number of aliphatic hydroxyl groups excluding tert-OH is 2. The molecule has 1 aromatic rings. The zero-order valence-corrected chi connectivity index (χ0v) is 14.4. The highest BCUT2D eigenvalue weighted by molar-refractivity contribution is 9.10. The van der Waals surface area contributed by atoms with Gasteiger partial charge < -0.3 is 14.9 Å². The third-order valence-corrected chi connectivity index (χ3v) is 5.30. The fraction of sp³-hybridized carbons (Fsp3) is 0.500. The summed E-state index contributed by atoms with van der Waals surface area (Å²) in [5.74, 6) is -0.234. The molecule has 4 nitrogen and oxygen atoms in total. The molecular weight excluding hydrogens is 360 g/mol. The minimum absolute atomic E-state index is 0.0485. The Morgan fingerprint density at radius 2 is 2.09 bits per heavy atom. The van der Waals surface area contributed by atoms with E-state index in [1.165, 1.54) is 5.56 Å². The van der Waals surface area contributed by atoms with E-state index in [2.05, 4.69) is 15.9 Å². The van der Waals surface area contributed by atoms with Gasteiger partial charge in [0.2, 0.25) is 0 Å². The maximum absolute atomic E-state index is 11.3. The molecule has 0 unspecified atom stereocenters. The van der Waals surface area contributed by atoms with Gasteiger partial charge in [-0.15, -0.1) is 0 Å². The van der Waals surface area contributed by atoms with Gasteiger partial charge in [0, 0.05) is 22.7 Å². The van der Waals surface area contributed by atoms with Crippen LogP contribution in [0.15, 0.2) is 40.9 Å². The SMILES string of the molecule is O=C1C[C@@H]2[C@@H](/C=C/[C@@H](O)CCc3ccc(Br)cc3)[C@H](O)C[C@@H]2O1. The standard InChI is InChI=1S/C18H21BrO4/c19-12-4-1-11(2-5-12)3-6-13(20)7-8-14-15-9-18(22)23-17(15)10-16(14)21/h1-2,4-5,7-8,13-17,20-21H,3,6,9-10H2/b8-7+/t13-,14+,15+,16+,17-/m0/s1. The van der Waals surface area contributed by atoms with Crippen molar-refractivity contribution in [2.45, 2.75) is 44.0 Å². The largest absolute Gasteiger partial charge is 0.462 e. The molecule has 1 saturated heterocycles. The quantitative estimate of drug-likeness (QED) is 0.608. The highest BCUT2D eigenvalue weighted by atomic mass is 79.9. The number of hydrogen-bond donors (Lipinski definition) is 2. The van der Waals surface area contributed by atoms with Crippen molar-refractivity contribution >= 4 is 21.9 Å². The number of esters is 1. The van der Waals surface area contributed by atoms with Crippen molar-refractivity contribution in [2.75, 3.05) is 0 Å². The Kier molecular flexibility index (Phi) is 5.19. The first-order valence-electron chi connectivity index (χ1n) is 8.01. The van der Waals surface area contributed by atoms with Crippen molar-refractivity contribution < 1.29 is 19.7 Å². The zero-order valence-electron chi connectivity index (χ0n) is 12.8. The molecule has 1 aliphatic carbocycles. The van der Waals surface area contributed by atoms with E-state index < -0.39 is 12.2 Å². The normalized spacial score (nSPS) is 31.3. The summed E-state index contributed by atoms with van der Waals surface area (Å²) in [6, 6.07) is 8.05. The van der Waals surface area contributed by atoms with Crippen LogP contribution in [0, 0.1) is 11.8 Å². The van der Waals surface area contributed by atoms with Crippen molar-refractivity contribution in [3.05, 3.63) is 46.5 Å². The van der Waals surface area contributed by atoms with Crippen LogP contribution in [0.25, 0.3) is 0 Å². The van der Waals surface area contributed by atoms with E-state index >= 15 is 0 Å². The Bertz CT molecular complexity index is 583. The van der Waals surface area contributed by atoms with E-state index in [4.69, 9.17) is 4.74 Å². The van der Waals surface area contributed by atoms with Gasteiger partial charge in [-0.3, -0.25) is 4.79 Å². The summed E-state index contributed by atoms with van der Waals surface area (Å²) in [7, 11) is 0. The molecule has 1 saturated carbocycles. The molecular formula is C18H21BrO4. The molecule has 23 heavy (non-hydrogen) atoms. The number of carbonyl (C=O) groups is 1. The number of hydrogen-bond acceptors (Lipinski definition) is 4. The Labute approximate surface area is 144 Å². The predicted molar refractivity (Wildman–Crippen MR) is 89.7 cm³/mol. The van der Waals surface area contributed by atoms with Crippen LogP contribution in [0.5, 0.6) is 0 Å². The number of ether oxygens (including phenoxy) is 1. The van der Waals surface area contributed by atoms with Gasteiger partial charge in [-0.05, 0) is 30.5 Å². The lowest BCUT2D eigenvalue weighted by Crippen LogP contribution is -2.18. The minimum Gasteiger partial charge on any atom is -0.462 e. The molecule has 1 aliphatic heterocycles. The number of aryl methyl sites for hydroxylation is 1. The van der Waals surface area contributed by atoms with Crippen molar-refractivity contribution in [2.24, 2.45) is 11.8 Å². The van der Waals surface area contributed by atoms with E-state index in [0.717, 1.165) is 10.9 Å². The molecule has 0 spiro atoms. The number of fused-ring (bicyclic) bond motifs is 1. The molecule has 3 rings (SSSR count). The number of carbonyl (C=O) groups excluding carboxylic acids is 1. The van der Waals surface area contributed by atoms with Crippen molar-refractivity contribution in [1.82, 2.24) is 0 Å². The van der Waals surface area contributed by atoms with Gasteiger partial charge in [-0.1, -0.05) is 40.2 Å². The first-order chi connectivity index (χ1) is 11.0. The Balaban J connectivity index is 1.52. The van der Waals surface area contributed by atoms with Crippen molar-refractivity contribution in [1.29, 1.82) is 0 Å². The predicted octanol–water partition coefficient (Wildman–Crippen LogP) is 2.61. The van der Waals surface area contributed by atoms with E-state index in [9.17, 15) is 15.0 Å². The molecule has 5 heteroatoms. The van der Waals surface area contributed by atoms with E-state index in [1.54, 1.807) is 6.08 Å². The van der Waals surface area contributed by atoms with Crippen LogP contribution in [0.4, 0.5) is 0 Å². The smallest absolute Gasteiger partial charge is 0.306 e. The maximum atomic E-state index is 11.3. The molecule has 2 fully saturated rings. The Hall–Kier alpha value is -1.17. The van der Waals surface area contributed by atoms with E-state index in [0.29, 0.717) is 19.3 Å². The minimum atomic E-state index is -0.553. The number of benzene rings is 1.